The molecule has 5 nitrogen and oxygen atoms in total. The first-order valence-corrected chi connectivity index (χ1v) is 8.27. The molecule has 2 aromatic rings. The lowest BCUT2D eigenvalue weighted by Gasteiger charge is -2.10. The second-order valence-corrected chi connectivity index (χ2v) is 5.42. The number of guanidine groups is 1. The molecule has 0 spiro atoms. The molecule has 0 saturated heterocycles. The predicted molar refractivity (Wildman–Crippen MR) is 94.3 cm³/mol. The Balaban J connectivity index is 1.77. The molecule has 124 valence electrons. The minimum absolute atomic E-state index is 0.588. The number of aliphatic imine (C=N–C) groups is 1. The zero-order valence-corrected chi connectivity index (χ0v) is 14.0. The molecule has 1 heterocycles. The molecule has 0 amide bonds. The Kier molecular flexibility index (Phi) is 7.17. The van der Waals surface area contributed by atoms with Crippen LogP contribution in [0.2, 0.25) is 0 Å². The quantitative estimate of drug-likeness (QED) is 0.444. The summed E-state index contributed by atoms with van der Waals surface area (Å²) in [6.45, 7) is 3.74. The van der Waals surface area contributed by atoms with Crippen LogP contribution in [0.5, 0.6) is 0 Å². The van der Waals surface area contributed by atoms with Crippen LogP contribution in [0, 0.1) is 0 Å². The molecule has 23 heavy (non-hydrogen) atoms. The van der Waals surface area contributed by atoms with Gasteiger partial charge < -0.3 is 15.1 Å². The molecule has 1 aromatic heterocycles. The van der Waals surface area contributed by atoms with Gasteiger partial charge in [0.2, 0.25) is 5.89 Å². The highest BCUT2D eigenvalue weighted by molar-refractivity contribution is 5.79. The lowest BCUT2D eigenvalue weighted by Crippen LogP contribution is -2.37. The minimum atomic E-state index is 0.588. The summed E-state index contributed by atoms with van der Waals surface area (Å²) in [7, 11) is 1.78. The summed E-state index contributed by atoms with van der Waals surface area (Å²) in [5.74, 6) is 1.44. The summed E-state index contributed by atoms with van der Waals surface area (Å²) in [6, 6.07) is 9.90. The van der Waals surface area contributed by atoms with Crippen LogP contribution in [0.1, 0.15) is 38.3 Å². The normalized spacial score (nSPS) is 11.5. The third-order valence-corrected chi connectivity index (χ3v) is 3.56. The first kappa shape index (κ1) is 17.1. The minimum Gasteiger partial charge on any atom is -0.444 e. The van der Waals surface area contributed by atoms with Crippen molar-refractivity contribution in [1.29, 1.82) is 0 Å². The van der Waals surface area contributed by atoms with E-state index in [9.17, 15) is 0 Å². The van der Waals surface area contributed by atoms with Gasteiger partial charge in [0.05, 0.1) is 12.2 Å². The van der Waals surface area contributed by atoms with E-state index in [1.54, 1.807) is 13.3 Å². The molecule has 5 heteroatoms. The summed E-state index contributed by atoms with van der Waals surface area (Å²) >= 11 is 0. The van der Waals surface area contributed by atoms with E-state index in [1.165, 1.54) is 19.3 Å². The van der Waals surface area contributed by atoms with Gasteiger partial charge in [-0.05, 0) is 18.6 Å². The number of unbranched alkanes of at least 4 members (excludes halogenated alkanes) is 3. The zero-order valence-electron chi connectivity index (χ0n) is 14.0. The monoisotopic (exact) mass is 314 g/mol. The second kappa shape index (κ2) is 9.66. The van der Waals surface area contributed by atoms with Crippen LogP contribution >= 0.6 is 0 Å². The third-order valence-electron chi connectivity index (χ3n) is 3.56. The molecule has 0 unspecified atom stereocenters. The van der Waals surface area contributed by atoms with Gasteiger partial charge in [0.25, 0.3) is 0 Å². The van der Waals surface area contributed by atoms with Gasteiger partial charge in [0, 0.05) is 19.2 Å². The topological polar surface area (TPSA) is 62.5 Å². The highest BCUT2D eigenvalue weighted by Gasteiger charge is 2.06. The van der Waals surface area contributed by atoms with Gasteiger partial charge in [-0.2, -0.15) is 0 Å². The molecular formula is C18H26N4O. The number of nitrogens with one attached hydrogen (secondary N) is 2. The molecule has 0 fully saturated rings. The zero-order chi connectivity index (χ0) is 16.3. The molecular weight excluding hydrogens is 288 g/mol. The molecule has 0 aliphatic carbocycles. The van der Waals surface area contributed by atoms with E-state index in [-0.39, 0.29) is 0 Å². The smallest absolute Gasteiger partial charge is 0.226 e. The van der Waals surface area contributed by atoms with Gasteiger partial charge in [0.15, 0.2) is 5.96 Å². The van der Waals surface area contributed by atoms with Crippen molar-refractivity contribution in [2.24, 2.45) is 4.99 Å². The fourth-order valence-electron chi connectivity index (χ4n) is 2.25. The van der Waals surface area contributed by atoms with E-state index in [0.29, 0.717) is 12.4 Å². The molecule has 2 N–H and O–H groups in total. The van der Waals surface area contributed by atoms with Crippen LogP contribution in [0.3, 0.4) is 0 Å². The summed E-state index contributed by atoms with van der Waals surface area (Å²) < 4.78 is 5.53. The molecule has 1 aromatic carbocycles. The van der Waals surface area contributed by atoms with E-state index in [4.69, 9.17) is 4.42 Å². The molecule has 0 aliphatic rings. The van der Waals surface area contributed by atoms with E-state index >= 15 is 0 Å². The van der Waals surface area contributed by atoms with Crippen molar-refractivity contribution >= 4 is 5.96 Å². The van der Waals surface area contributed by atoms with Crippen molar-refractivity contribution in [3.8, 4) is 11.5 Å². The highest BCUT2D eigenvalue weighted by Crippen LogP contribution is 2.17. The maximum Gasteiger partial charge on any atom is 0.226 e. The summed E-state index contributed by atoms with van der Waals surface area (Å²) in [5.41, 5.74) is 1.84. The highest BCUT2D eigenvalue weighted by atomic mass is 16.3. The molecule has 0 saturated carbocycles. The lowest BCUT2D eigenvalue weighted by atomic mass is 10.2. The molecule has 0 radical (unpaired) electrons. The second-order valence-electron chi connectivity index (χ2n) is 5.42. The maximum absolute atomic E-state index is 5.53. The van der Waals surface area contributed by atoms with Gasteiger partial charge in [0.1, 0.15) is 6.26 Å². The van der Waals surface area contributed by atoms with Crippen LogP contribution in [-0.2, 0) is 6.54 Å². The largest absolute Gasteiger partial charge is 0.444 e. The first-order valence-electron chi connectivity index (χ1n) is 8.27. The fraction of sp³-hybridized carbons (Fsp3) is 0.444. The summed E-state index contributed by atoms with van der Waals surface area (Å²) in [5, 5.41) is 6.58. The van der Waals surface area contributed by atoms with E-state index < -0.39 is 0 Å². The SMILES string of the molecule is CCCCCCNC(=NC)NCc1coc(-c2ccccc2)n1. The molecule has 0 atom stereocenters. The average Bonchev–Trinajstić information content (AvgIpc) is 3.07. The van der Waals surface area contributed by atoms with Crippen LogP contribution in [-0.4, -0.2) is 24.5 Å². The van der Waals surface area contributed by atoms with Crippen molar-refractivity contribution in [2.75, 3.05) is 13.6 Å². The van der Waals surface area contributed by atoms with Gasteiger partial charge in [-0.3, -0.25) is 4.99 Å². The van der Waals surface area contributed by atoms with Crippen molar-refractivity contribution in [2.45, 2.75) is 39.2 Å². The van der Waals surface area contributed by atoms with Gasteiger partial charge in [-0.25, -0.2) is 4.98 Å². The Bertz CT molecular complexity index is 592. The van der Waals surface area contributed by atoms with Crippen LogP contribution in [0.4, 0.5) is 0 Å². The summed E-state index contributed by atoms with van der Waals surface area (Å²) in [4.78, 5) is 8.72. The standard InChI is InChI=1S/C18H26N4O/c1-3-4-5-9-12-20-18(19-2)21-13-16-14-23-17(22-16)15-10-7-6-8-11-15/h6-8,10-11,14H,3-5,9,12-13H2,1-2H3,(H2,19,20,21). The third kappa shape index (κ3) is 5.77. The van der Waals surface area contributed by atoms with Gasteiger partial charge >= 0.3 is 0 Å². The number of hydrogen-bond donors (Lipinski definition) is 2. The number of nitrogens with zero attached hydrogens (tertiary/aromatic N) is 2. The van der Waals surface area contributed by atoms with Gasteiger partial charge in [-0.1, -0.05) is 44.4 Å². The fourth-order valence-corrected chi connectivity index (χ4v) is 2.25. The number of benzene rings is 1. The Morgan fingerprint density at radius 1 is 1.13 bits per heavy atom. The Morgan fingerprint density at radius 3 is 2.70 bits per heavy atom. The maximum atomic E-state index is 5.53. The van der Waals surface area contributed by atoms with Crippen molar-refractivity contribution < 1.29 is 4.42 Å². The van der Waals surface area contributed by atoms with Crippen molar-refractivity contribution in [1.82, 2.24) is 15.6 Å². The van der Waals surface area contributed by atoms with Crippen LogP contribution in [0.25, 0.3) is 11.5 Å². The Hall–Kier alpha value is -2.30. The van der Waals surface area contributed by atoms with Crippen LogP contribution in [0.15, 0.2) is 46.0 Å². The van der Waals surface area contributed by atoms with Crippen molar-refractivity contribution in [3.05, 3.63) is 42.3 Å². The van der Waals surface area contributed by atoms with Gasteiger partial charge in [-0.15, -0.1) is 0 Å². The summed E-state index contributed by atoms with van der Waals surface area (Å²) in [6.07, 6.45) is 6.64. The average molecular weight is 314 g/mol. The van der Waals surface area contributed by atoms with E-state index in [0.717, 1.165) is 30.2 Å². The lowest BCUT2D eigenvalue weighted by molar-refractivity contribution is 0.572. The predicted octanol–water partition coefficient (Wildman–Crippen LogP) is 3.59. The number of hydrogen-bond acceptors (Lipinski definition) is 3. The molecule has 2 rings (SSSR count). The molecule has 0 bridgehead atoms. The van der Waals surface area contributed by atoms with E-state index in [1.807, 2.05) is 30.3 Å². The Morgan fingerprint density at radius 2 is 1.96 bits per heavy atom. The number of aromatic nitrogens is 1. The van der Waals surface area contributed by atoms with Crippen LogP contribution < -0.4 is 10.6 Å². The van der Waals surface area contributed by atoms with E-state index in [2.05, 4.69) is 27.5 Å². The number of rotatable bonds is 8. The van der Waals surface area contributed by atoms with Crippen molar-refractivity contribution in [3.63, 3.8) is 0 Å². The number of oxazole rings is 1. The molecule has 0 aliphatic heterocycles. The first-order chi connectivity index (χ1) is 11.3. The Labute approximate surface area is 138 Å².